The smallest absolute Gasteiger partial charge is 0.380 e. The molecule has 0 unspecified atom stereocenters. The zero-order chi connectivity index (χ0) is 29.6. The number of fused-ring (bicyclic) bond motifs is 3. The Labute approximate surface area is 246 Å². The number of aliphatic hydroxyl groups is 1. The zero-order valence-electron chi connectivity index (χ0n) is 23.8. The van der Waals surface area contributed by atoms with Gasteiger partial charge in [-0.25, -0.2) is 0 Å². The van der Waals surface area contributed by atoms with Crippen LogP contribution in [0.2, 0.25) is 0 Å². The molecule has 2 heterocycles. The Morgan fingerprint density at radius 3 is 2.19 bits per heavy atom. The number of halogens is 3. The Morgan fingerprint density at radius 2 is 1.56 bits per heavy atom. The molecule has 0 saturated heterocycles. The lowest BCUT2D eigenvalue weighted by molar-refractivity contribution is -0.295. The monoisotopic (exact) mass is 597 g/mol. The third kappa shape index (κ3) is 4.67. The highest BCUT2D eigenvalue weighted by Crippen LogP contribution is 2.58. The van der Waals surface area contributed by atoms with Crippen molar-refractivity contribution in [3.63, 3.8) is 0 Å². The number of alkyl halides is 3. The first-order valence-corrected chi connectivity index (χ1v) is 15.4. The number of benzene rings is 1. The molecule has 0 spiro atoms. The fourth-order valence-electron chi connectivity index (χ4n) is 7.46. The van der Waals surface area contributed by atoms with Crippen LogP contribution >= 0.6 is 0 Å². The Kier molecular flexibility index (Phi) is 5.94. The van der Waals surface area contributed by atoms with Gasteiger partial charge in [0, 0.05) is 41.0 Å². The van der Waals surface area contributed by atoms with Gasteiger partial charge in [0.05, 0.1) is 0 Å². The molecule has 2 bridgehead atoms. The van der Waals surface area contributed by atoms with E-state index in [9.17, 15) is 23.1 Å². The molecule has 6 aliphatic carbocycles. The first kappa shape index (κ1) is 27.3. The van der Waals surface area contributed by atoms with Gasteiger partial charge in [0.15, 0.2) is 17.2 Å². The van der Waals surface area contributed by atoms with Gasteiger partial charge in [0.25, 0.3) is 5.89 Å². The second kappa shape index (κ2) is 9.36. The average Bonchev–Trinajstić information content (AvgIpc) is 3.93. The molecule has 0 radical (unpaired) electrons. The summed E-state index contributed by atoms with van der Waals surface area (Å²) in [4.78, 5) is 24.9. The minimum Gasteiger partial charge on any atom is -0.380 e. The zero-order valence-corrected chi connectivity index (χ0v) is 23.8. The van der Waals surface area contributed by atoms with Crippen molar-refractivity contribution in [2.24, 2.45) is 11.3 Å². The van der Waals surface area contributed by atoms with Gasteiger partial charge in [-0.3, -0.25) is 4.79 Å². The van der Waals surface area contributed by atoms with E-state index in [1.165, 1.54) is 0 Å². The van der Waals surface area contributed by atoms with Gasteiger partial charge >= 0.3 is 6.18 Å². The predicted molar refractivity (Wildman–Crippen MR) is 146 cm³/mol. The van der Waals surface area contributed by atoms with E-state index < -0.39 is 36.4 Å². The molecule has 1 N–H and O–H groups in total. The first-order chi connectivity index (χ1) is 20.6. The van der Waals surface area contributed by atoms with Gasteiger partial charge in [-0.15, -0.1) is 0 Å². The molecular formula is C31H34F3N5O4. The minimum atomic E-state index is -4.77. The fraction of sp³-hybridized carbons (Fsp3) is 0.645. The summed E-state index contributed by atoms with van der Waals surface area (Å²) in [6.45, 7) is 0.390. The summed E-state index contributed by atoms with van der Waals surface area (Å²) in [6.07, 6.45) is 3.40. The van der Waals surface area contributed by atoms with Crippen LogP contribution in [0.1, 0.15) is 106 Å². The maximum Gasteiger partial charge on any atom is 0.417 e. The van der Waals surface area contributed by atoms with Gasteiger partial charge in [-0.2, -0.15) is 23.1 Å². The van der Waals surface area contributed by atoms with E-state index in [2.05, 4.69) is 15.3 Å². The third-order valence-corrected chi connectivity index (χ3v) is 10.8. The molecule has 9 nitrogen and oxygen atoms in total. The van der Waals surface area contributed by atoms with Crippen molar-refractivity contribution in [1.82, 2.24) is 20.3 Å². The van der Waals surface area contributed by atoms with Gasteiger partial charge in [0.1, 0.15) is 0 Å². The third-order valence-electron chi connectivity index (χ3n) is 10.8. The number of hydrogen-bond acceptors (Lipinski definition) is 8. The molecule has 6 aliphatic rings. The van der Waals surface area contributed by atoms with Gasteiger partial charge in [-0.1, -0.05) is 16.4 Å². The highest BCUT2D eigenvalue weighted by Gasteiger charge is 2.63. The van der Waals surface area contributed by atoms with Crippen LogP contribution in [-0.2, 0) is 10.2 Å². The van der Waals surface area contributed by atoms with Crippen molar-refractivity contribution in [2.75, 3.05) is 11.4 Å². The molecule has 12 heteroatoms. The van der Waals surface area contributed by atoms with Crippen molar-refractivity contribution in [1.29, 1.82) is 0 Å². The molecule has 9 rings (SSSR count). The van der Waals surface area contributed by atoms with Crippen LogP contribution in [0.3, 0.4) is 0 Å². The van der Waals surface area contributed by atoms with Crippen LogP contribution in [0.5, 0.6) is 0 Å². The molecule has 6 saturated carbocycles. The number of carbonyl (C=O) groups excluding carboxylic acids is 1. The van der Waals surface area contributed by atoms with E-state index >= 15 is 0 Å². The molecule has 1 aromatic carbocycles. The van der Waals surface area contributed by atoms with Gasteiger partial charge < -0.3 is 19.1 Å². The Hall–Kier alpha value is -3.28. The molecule has 0 atom stereocenters. The van der Waals surface area contributed by atoms with E-state index in [-0.39, 0.29) is 10.8 Å². The second-order valence-electron chi connectivity index (χ2n) is 13.9. The maximum atomic E-state index is 14.0. The molecule has 1 amide bonds. The van der Waals surface area contributed by atoms with E-state index in [0.717, 1.165) is 75.9 Å². The topological polar surface area (TPSA) is 118 Å². The van der Waals surface area contributed by atoms with Crippen LogP contribution in [-0.4, -0.2) is 49.6 Å². The Balaban J connectivity index is 1.05. The predicted octanol–water partition coefficient (Wildman–Crippen LogP) is 6.20. The Morgan fingerprint density at radius 1 is 0.930 bits per heavy atom. The van der Waals surface area contributed by atoms with Crippen molar-refractivity contribution < 1.29 is 32.1 Å². The van der Waals surface area contributed by atoms with Crippen LogP contribution in [0.25, 0.3) is 11.5 Å². The number of amides is 1. The molecular weight excluding hydrogens is 563 g/mol. The molecule has 6 fully saturated rings. The number of nitrogens with zero attached hydrogens (tertiary/aromatic N) is 5. The number of hydrogen-bond donors (Lipinski definition) is 1. The standard InChI is InChI=1S/C31H34F3N5O4/c32-31(33,34)30(41)15-21(16-30)26(40)39(22-3-1-2-20(14-22)25-35-23(37-42-25)18-4-5-18)17-28-8-11-29(12-9-28,13-10-28)27-36-24(38-43-27)19-6-7-19/h1-3,14,18-19,21,41H,4-13,15-17H2. The lowest BCUT2D eigenvalue weighted by Crippen LogP contribution is -2.60. The van der Waals surface area contributed by atoms with Gasteiger partial charge in [-0.05, 0) is 101 Å². The van der Waals surface area contributed by atoms with Crippen molar-refractivity contribution in [2.45, 2.75) is 106 Å². The van der Waals surface area contributed by atoms with Crippen LogP contribution in [0.15, 0.2) is 33.3 Å². The Bertz CT molecular complexity index is 1530. The largest absolute Gasteiger partial charge is 0.417 e. The summed E-state index contributed by atoms with van der Waals surface area (Å²) in [7, 11) is 0. The van der Waals surface area contributed by atoms with E-state index in [1.54, 1.807) is 23.1 Å². The quantitative estimate of drug-likeness (QED) is 0.326. The van der Waals surface area contributed by atoms with Crippen molar-refractivity contribution in [3.05, 3.63) is 41.8 Å². The first-order valence-electron chi connectivity index (χ1n) is 15.4. The molecule has 2 aromatic heterocycles. The van der Waals surface area contributed by atoms with E-state index in [1.807, 2.05) is 6.07 Å². The summed E-state index contributed by atoms with van der Waals surface area (Å²) in [5, 5.41) is 18.5. The van der Waals surface area contributed by atoms with Crippen molar-refractivity contribution >= 4 is 11.6 Å². The summed E-state index contributed by atoms with van der Waals surface area (Å²) in [5.74, 6) is 2.01. The molecule has 43 heavy (non-hydrogen) atoms. The summed E-state index contributed by atoms with van der Waals surface area (Å²) in [5.41, 5.74) is -1.91. The molecule has 3 aromatic rings. The average molecular weight is 598 g/mol. The SMILES string of the molecule is O=C(C1CC(O)(C(F)(F)F)C1)N(CC12CCC(c3nc(C4CC4)no3)(CC1)CC2)c1cccc(-c2nc(C3CC3)no2)c1. The summed E-state index contributed by atoms with van der Waals surface area (Å²) in [6, 6.07) is 7.24. The second-order valence-corrected chi connectivity index (χ2v) is 13.9. The van der Waals surface area contributed by atoms with E-state index in [4.69, 9.17) is 14.0 Å². The lowest BCUT2D eigenvalue weighted by Gasteiger charge is -2.53. The van der Waals surface area contributed by atoms with Crippen LogP contribution in [0, 0.1) is 11.3 Å². The van der Waals surface area contributed by atoms with Gasteiger partial charge in [0.2, 0.25) is 11.8 Å². The van der Waals surface area contributed by atoms with Crippen LogP contribution in [0.4, 0.5) is 18.9 Å². The fourth-order valence-corrected chi connectivity index (χ4v) is 7.46. The number of anilines is 1. The maximum absolute atomic E-state index is 14.0. The lowest BCUT2D eigenvalue weighted by atomic mass is 9.53. The number of rotatable bonds is 8. The van der Waals surface area contributed by atoms with Crippen molar-refractivity contribution in [3.8, 4) is 11.5 Å². The van der Waals surface area contributed by atoms with Crippen LogP contribution < -0.4 is 4.90 Å². The number of carbonyl (C=O) groups is 1. The highest BCUT2D eigenvalue weighted by atomic mass is 19.4. The summed E-state index contributed by atoms with van der Waals surface area (Å²) < 4.78 is 51.6. The summed E-state index contributed by atoms with van der Waals surface area (Å²) >= 11 is 0. The normalized spacial score (nSPS) is 32.0. The highest BCUT2D eigenvalue weighted by molar-refractivity contribution is 5.96. The minimum absolute atomic E-state index is 0.148. The van der Waals surface area contributed by atoms with E-state index in [0.29, 0.717) is 41.3 Å². The molecule has 228 valence electrons. The number of aromatic nitrogens is 4. The molecule has 0 aliphatic heterocycles.